The van der Waals surface area contributed by atoms with Gasteiger partial charge in [-0.2, -0.15) is 0 Å². The number of rotatable bonds is 14. The zero-order chi connectivity index (χ0) is 14.5. The first-order valence-corrected chi connectivity index (χ1v) is 7.92. The standard InChI is InChI=1S/C15H31NO4/c1-2-3-8-18-10-12-20-13-11-19-9-7-16-15(14-17)5-4-6-15/h16-17H,2-14H2,1H3. The Bertz CT molecular complexity index is 216. The highest BCUT2D eigenvalue weighted by atomic mass is 16.5. The van der Waals surface area contributed by atoms with Crippen molar-refractivity contribution in [2.45, 2.75) is 44.6 Å². The second kappa shape index (κ2) is 11.5. The average molecular weight is 289 g/mol. The normalized spacial score (nSPS) is 17.1. The molecule has 0 aromatic carbocycles. The zero-order valence-electron chi connectivity index (χ0n) is 12.9. The van der Waals surface area contributed by atoms with Crippen molar-refractivity contribution >= 4 is 0 Å². The number of ether oxygens (including phenoxy) is 3. The van der Waals surface area contributed by atoms with Gasteiger partial charge in [0.1, 0.15) is 0 Å². The van der Waals surface area contributed by atoms with Gasteiger partial charge in [0.25, 0.3) is 0 Å². The molecule has 0 unspecified atom stereocenters. The molecule has 1 fully saturated rings. The lowest BCUT2D eigenvalue weighted by Crippen LogP contribution is -2.54. The van der Waals surface area contributed by atoms with E-state index in [0.29, 0.717) is 33.0 Å². The van der Waals surface area contributed by atoms with E-state index in [1.54, 1.807) is 0 Å². The summed E-state index contributed by atoms with van der Waals surface area (Å²) in [5.41, 5.74) is -0.0182. The van der Waals surface area contributed by atoms with Crippen LogP contribution in [-0.2, 0) is 14.2 Å². The molecular formula is C15H31NO4. The van der Waals surface area contributed by atoms with E-state index < -0.39 is 0 Å². The van der Waals surface area contributed by atoms with Crippen LogP contribution in [0.3, 0.4) is 0 Å². The molecule has 1 aliphatic rings. The number of hydrogen-bond donors (Lipinski definition) is 2. The van der Waals surface area contributed by atoms with E-state index >= 15 is 0 Å². The fourth-order valence-corrected chi connectivity index (χ4v) is 2.17. The van der Waals surface area contributed by atoms with Crippen LogP contribution in [0.5, 0.6) is 0 Å². The van der Waals surface area contributed by atoms with E-state index in [0.717, 1.165) is 32.4 Å². The summed E-state index contributed by atoms with van der Waals surface area (Å²) in [5, 5.41) is 12.7. The molecule has 0 atom stereocenters. The van der Waals surface area contributed by atoms with Crippen LogP contribution >= 0.6 is 0 Å². The first kappa shape index (κ1) is 17.9. The summed E-state index contributed by atoms with van der Waals surface area (Å²) in [6.07, 6.45) is 5.64. The Hall–Kier alpha value is -0.200. The summed E-state index contributed by atoms with van der Waals surface area (Å²) in [4.78, 5) is 0. The van der Waals surface area contributed by atoms with Gasteiger partial charge in [-0.1, -0.05) is 13.3 Å². The molecule has 0 bridgehead atoms. The molecule has 0 aliphatic heterocycles. The Labute approximate surface area is 123 Å². The van der Waals surface area contributed by atoms with Crippen molar-refractivity contribution in [2.75, 3.05) is 52.8 Å². The third-order valence-electron chi connectivity index (χ3n) is 3.75. The molecule has 0 radical (unpaired) electrons. The van der Waals surface area contributed by atoms with Gasteiger partial charge in [0.15, 0.2) is 0 Å². The third kappa shape index (κ3) is 7.55. The van der Waals surface area contributed by atoms with Crippen LogP contribution in [0.15, 0.2) is 0 Å². The quantitative estimate of drug-likeness (QED) is 0.473. The summed E-state index contributed by atoms with van der Waals surface area (Å²) in [5.74, 6) is 0. The molecule has 0 aromatic heterocycles. The molecule has 5 heteroatoms. The smallest absolute Gasteiger partial charge is 0.0701 e. The lowest BCUT2D eigenvalue weighted by Gasteiger charge is -2.41. The summed E-state index contributed by atoms with van der Waals surface area (Å²) in [7, 11) is 0. The predicted molar refractivity (Wildman–Crippen MR) is 79.0 cm³/mol. The van der Waals surface area contributed by atoms with Gasteiger partial charge in [0.2, 0.25) is 0 Å². The highest BCUT2D eigenvalue weighted by Gasteiger charge is 2.35. The van der Waals surface area contributed by atoms with Crippen molar-refractivity contribution in [2.24, 2.45) is 0 Å². The van der Waals surface area contributed by atoms with E-state index in [9.17, 15) is 5.11 Å². The average Bonchev–Trinajstić information content (AvgIpc) is 2.42. The van der Waals surface area contributed by atoms with Gasteiger partial charge in [0.05, 0.1) is 39.6 Å². The second-order valence-corrected chi connectivity index (χ2v) is 5.41. The van der Waals surface area contributed by atoms with E-state index in [-0.39, 0.29) is 12.1 Å². The van der Waals surface area contributed by atoms with E-state index in [1.807, 2.05) is 0 Å². The van der Waals surface area contributed by atoms with Crippen molar-refractivity contribution in [3.8, 4) is 0 Å². The highest BCUT2D eigenvalue weighted by Crippen LogP contribution is 2.30. The maximum atomic E-state index is 9.28. The molecule has 0 amide bonds. The molecule has 1 rings (SSSR count). The van der Waals surface area contributed by atoms with Crippen molar-refractivity contribution in [3.63, 3.8) is 0 Å². The van der Waals surface area contributed by atoms with Gasteiger partial charge in [-0.25, -0.2) is 0 Å². The monoisotopic (exact) mass is 289 g/mol. The number of unbranched alkanes of at least 4 members (excludes halogenated alkanes) is 1. The van der Waals surface area contributed by atoms with E-state index in [4.69, 9.17) is 14.2 Å². The van der Waals surface area contributed by atoms with Crippen molar-refractivity contribution in [1.82, 2.24) is 5.32 Å². The molecule has 120 valence electrons. The molecule has 0 saturated heterocycles. The van der Waals surface area contributed by atoms with Gasteiger partial charge in [-0.05, 0) is 25.7 Å². The van der Waals surface area contributed by atoms with Crippen molar-refractivity contribution in [1.29, 1.82) is 0 Å². The van der Waals surface area contributed by atoms with Crippen LogP contribution in [0.1, 0.15) is 39.0 Å². The molecule has 1 saturated carbocycles. The van der Waals surface area contributed by atoms with Crippen molar-refractivity contribution in [3.05, 3.63) is 0 Å². The first-order chi connectivity index (χ1) is 9.83. The minimum Gasteiger partial charge on any atom is -0.394 e. The largest absolute Gasteiger partial charge is 0.394 e. The number of nitrogens with one attached hydrogen (secondary N) is 1. The summed E-state index contributed by atoms with van der Waals surface area (Å²) in [6.45, 7) is 7.20. The zero-order valence-corrected chi connectivity index (χ0v) is 12.9. The lowest BCUT2D eigenvalue weighted by molar-refractivity contribution is 0.0112. The molecular weight excluding hydrogens is 258 g/mol. The van der Waals surface area contributed by atoms with Crippen LogP contribution < -0.4 is 5.32 Å². The highest BCUT2D eigenvalue weighted by molar-refractivity contribution is 4.95. The fraction of sp³-hybridized carbons (Fsp3) is 1.00. The van der Waals surface area contributed by atoms with Crippen LogP contribution in [0.25, 0.3) is 0 Å². The Morgan fingerprint density at radius 1 is 0.950 bits per heavy atom. The molecule has 0 heterocycles. The van der Waals surface area contributed by atoms with E-state index in [1.165, 1.54) is 12.8 Å². The molecule has 1 aliphatic carbocycles. The second-order valence-electron chi connectivity index (χ2n) is 5.41. The van der Waals surface area contributed by atoms with Crippen LogP contribution in [-0.4, -0.2) is 63.4 Å². The number of hydrogen-bond acceptors (Lipinski definition) is 5. The summed E-state index contributed by atoms with van der Waals surface area (Å²) < 4.78 is 16.3. The molecule has 5 nitrogen and oxygen atoms in total. The minimum atomic E-state index is -0.0182. The first-order valence-electron chi connectivity index (χ1n) is 7.92. The van der Waals surface area contributed by atoms with Crippen LogP contribution in [0, 0.1) is 0 Å². The lowest BCUT2D eigenvalue weighted by atomic mass is 9.77. The van der Waals surface area contributed by atoms with E-state index in [2.05, 4.69) is 12.2 Å². The van der Waals surface area contributed by atoms with Gasteiger partial charge in [-0.15, -0.1) is 0 Å². The van der Waals surface area contributed by atoms with Crippen LogP contribution in [0.2, 0.25) is 0 Å². The molecule has 0 spiro atoms. The topological polar surface area (TPSA) is 60.0 Å². The predicted octanol–water partition coefficient (Wildman–Crippen LogP) is 1.34. The van der Waals surface area contributed by atoms with Gasteiger partial charge >= 0.3 is 0 Å². The molecule has 0 aromatic rings. The maximum absolute atomic E-state index is 9.28. The third-order valence-corrected chi connectivity index (χ3v) is 3.75. The van der Waals surface area contributed by atoms with Crippen LogP contribution in [0.4, 0.5) is 0 Å². The summed E-state index contributed by atoms with van der Waals surface area (Å²) in [6, 6.07) is 0. The Balaban J connectivity index is 1.74. The fourth-order valence-electron chi connectivity index (χ4n) is 2.17. The molecule has 2 N–H and O–H groups in total. The Morgan fingerprint density at radius 2 is 1.55 bits per heavy atom. The van der Waals surface area contributed by atoms with Gasteiger partial charge < -0.3 is 24.6 Å². The van der Waals surface area contributed by atoms with Crippen molar-refractivity contribution < 1.29 is 19.3 Å². The van der Waals surface area contributed by atoms with Gasteiger partial charge in [-0.3, -0.25) is 0 Å². The summed E-state index contributed by atoms with van der Waals surface area (Å²) >= 11 is 0. The number of aliphatic hydroxyl groups excluding tert-OH is 1. The SMILES string of the molecule is CCCCOCCOCCOCCNC1(CO)CCC1. The van der Waals surface area contributed by atoms with Gasteiger partial charge in [0, 0.05) is 18.7 Å². The Kier molecular flexibility index (Phi) is 10.2. The maximum Gasteiger partial charge on any atom is 0.0701 e. The molecule has 20 heavy (non-hydrogen) atoms. The number of aliphatic hydroxyl groups is 1. The Morgan fingerprint density at radius 3 is 2.05 bits per heavy atom. The minimum absolute atomic E-state index is 0.0182.